The summed E-state index contributed by atoms with van der Waals surface area (Å²) in [5.41, 5.74) is 2.69. The first-order valence-electron chi connectivity index (χ1n) is 14.0. The zero-order chi connectivity index (χ0) is 32.1. The summed E-state index contributed by atoms with van der Waals surface area (Å²) in [6.45, 7) is 13.9. The molecule has 0 aliphatic heterocycles. The first kappa shape index (κ1) is 29.5. The number of ether oxygens (including phenoxy) is 1. The van der Waals surface area contributed by atoms with Crippen molar-refractivity contribution in [1.82, 2.24) is 4.98 Å². The molecule has 6 rings (SSSR count). The fourth-order valence-corrected chi connectivity index (χ4v) is 6.08. The molecule has 224 valence electrons. The Hall–Kier alpha value is -5.53. The molecule has 0 spiro atoms. The van der Waals surface area contributed by atoms with Crippen molar-refractivity contribution >= 4 is 49.7 Å². The van der Waals surface area contributed by atoms with Crippen LogP contribution in [0.3, 0.4) is 0 Å². The molecular weight excluding hydrogens is 588 g/mol. The van der Waals surface area contributed by atoms with Gasteiger partial charge in [0, 0.05) is 33.7 Å². The molecule has 2 N–H and O–H groups in total. The molecule has 0 saturated carbocycles. The highest BCUT2D eigenvalue weighted by atomic mass is 32.2. The van der Waals surface area contributed by atoms with E-state index in [0.717, 1.165) is 6.26 Å². The van der Waals surface area contributed by atoms with Crippen LogP contribution in [-0.4, -0.2) is 36.9 Å². The predicted molar refractivity (Wildman–Crippen MR) is 176 cm³/mol. The number of ketones is 1. The molecule has 1 aromatic heterocycles. The second-order valence-electron chi connectivity index (χ2n) is 11.6. The van der Waals surface area contributed by atoms with E-state index in [0.29, 0.717) is 38.7 Å². The van der Waals surface area contributed by atoms with Gasteiger partial charge in [0.15, 0.2) is 5.78 Å². The molecule has 4 aromatic carbocycles. The lowest BCUT2D eigenvalue weighted by atomic mass is 9.81. The van der Waals surface area contributed by atoms with Crippen LogP contribution >= 0.6 is 0 Å². The van der Waals surface area contributed by atoms with E-state index in [2.05, 4.69) is 14.9 Å². The summed E-state index contributed by atoms with van der Waals surface area (Å²) in [6, 6.07) is 23.9. The molecule has 1 heterocycles. The monoisotopic (exact) mass is 616 g/mol. The predicted octanol–water partition coefficient (Wildman–Crippen LogP) is 7.47. The van der Waals surface area contributed by atoms with Crippen molar-refractivity contribution in [2.75, 3.05) is 16.3 Å². The van der Waals surface area contributed by atoms with Gasteiger partial charge in [-0.2, -0.15) is 0 Å². The summed E-state index contributed by atoms with van der Waals surface area (Å²) in [6.07, 6.45) is 1.05. The summed E-state index contributed by atoms with van der Waals surface area (Å²) in [4.78, 5) is 36.5. The van der Waals surface area contributed by atoms with E-state index in [1.54, 1.807) is 84.9 Å². The van der Waals surface area contributed by atoms with Gasteiger partial charge in [-0.05, 0) is 44.5 Å². The van der Waals surface area contributed by atoms with Crippen molar-refractivity contribution in [2.24, 2.45) is 0 Å². The van der Waals surface area contributed by atoms with E-state index in [1.165, 1.54) is 0 Å². The van der Waals surface area contributed by atoms with Gasteiger partial charge in [0.05, 0.1) is 35.5 Å². The summed E-state index contributed by atoms with van der Waals surface area (Å²) < 4.78 is 33.5. The number of aromatic nitrogens is 1. The normalized spacial score (nSPS) is 12.3. The van der Waals surface area contributed by atoms with Crippen molar-refractivity contribution in [3.8, 4) is 28.1 Å². The second-order valence-corrected chi connectivity index (χ2v) is 13.4. The number of sulfonamides is 1. The number of para-hydroxylation sites is 1. The van der Waals surface area contributed by atoms with Gasteiger partial charge in [-0.15, -0.1) is 0 Å². The molecule has 0 unspecified atom stereocenters. The third kappa shape index (κ3) is 5.50. The minimum absolute atomic E-state index is 0.125. The van der Waals surface area contributed by atoms with E-state index in [4.69, 9.17) is 16.3 Å². The molecule has 10 heteroatoms. The lowest BCUT2D eigenvalue weighted by molar-refractivity contribution is 0.102. The maximum absolute atomic E-state index is 14.2. The van der Waals surface area contributed by atoms with Crippen LogP contribution in [0.5, 0.6) is 5.75 Å². The molecule has 1 aliphatic rings. The van der Waals surface area contributed by atoms with Gasteiger partial charge < -0.3 is 10.1 Å². The van der Waals surface area contributed by atoms with Crippen LogP contribution in [-0.2, 0) is 10.0 Å². The minimum atomic E-state index is -3.67. The summed E-state index contributed by atoms with van der Waals surface area (Å²) in [7, 11) is -3.67. The van der Waals surface area contributed by atoms with E-state index < -0.39 is 21.5 Å². The Morgan fingerprint density at radius 2 is 1.49 bits per heavy atom. The Labute approximate surface area is 260 Å². The van der Waals surface area contributed by atoms with Gasteiger partial charge in [0.25, 0.3) is 5.91 Å². The molecule has 5 aromatic rings. The molecule has 0 fully saturated rings. The minimum Gasteiger partial charge on any atom is -0.486 e. The van der Waals surface area contributed by atoms with Gasteiger partial charge >= 0.3 is 0 Å². The number of pyridine rings is 1. The number of carbonyl (C=O) groups is 2. The van der Waals surface area contributed by atoms with Crippen LogP contribution in [0.4, 0.5) is 17.1 Å². The van der Waals surface area contributed by atoms with Gasteiger partial charge in [0.1, 0.15) is 16.9 Å². The number of amides is 1. The van der Waals surface area contributed by atoms with E-state index in [-0.39, 0.29) is 39.9 Å². The SMILES string of the molecule is [C-]#[N+]c1c(-c2ccccc2NS(C)(=O)=O)nc2c(OC(C)(C)C)cc(NC(=O)c3ccccc3)c3c2c1-c1ccccc1C3=O. The third-order valence-electron chi connectivity index (χ3n) is 7.16. The first-order valence-corrected chi connectivity index (χ1v) is 15.9. The van der Waals surface area contributed by atoms with Gasteiger partial charge in [-0.3, -0.25) is 19.3 Å². The lowest BCUT2D eigenvalue weighted by Gasteiger charge is -2.28. The van der Waals surface area contributed by atoms with Gasteiger partial charge in [0.2, 0.25) is 15.7 Å². The fourth-order valence-electron chi connectivity index (χ4n) is 5.50. The number of rotatable bonds is 6. The Kier molecular flexibility index (Phi) is 7.14. The standard InChI is InChI=1S/C35H28N4O5S/c1-35(2,3)44-26-19-25(37-34(41)20-13-7-6-8-14-20)28-29-27(21-15-9-10-16-22(21)33(28)40)32(36-4)30(38-31(26)29)23-17-11-12-18-24(23)39-45(5,42)43/h6-19,39H,1-3,5H3,(H,37,41). The molecular formula is C35H28N4O5S. The lowest BCUT2D eigenvalue weighted by Crippen LogP contribution is -2.24. The largest absolute Gasteiger partial charge is 0.486 e. The highest BCUT2D eigenvalue weighted by molar-refractivity contribution is 7.92. The zero-order valence-corrected chi connectivity index (χ0v) is 25.7. The highest BCUT2D eigenvalue weighted by Crippen LogP contribution is 2.52. The van der Waals surface area contributed by atoms with Gasteiger partial charge in [-0.25, -0.2) is 13.3 Å². The van der Waals surface area contributed by atoms with Crippen LogP contribution in [0, 0.1) is 6.57 Å². The topological polar surface area (TPSA) is 119 Å². The number of hydrogen-bond acceptors (Lipinski definition) is 6. The average Bonchev–Trinajstić information content (AvgIpc) is 2.99. The Morgan fingerprint density at radius 1 is 0.867 bits per heavy atom. The van der Waals surface area contributed by atoms with Crippen LogP contribution in [0.15, 0.2) is 84.9 Å². The van der Waals surface area contributed by atoms with Crippen molar-refractivity contribution in [3.05, 3.63) is 113 Å². The molecule has 0 bridgehead atoms. The molecule has 45 heavy (non-hydrogen) atoms. The maximum Gasteiger partial charge on any atom is 0.255 e. The van der Waals surface area contributed by atoms with E-state index in [1.807, 2.05) is 20.8 Å². The van der Waals surface area contributed by atoms with Crippen LogP contribution in [0.2, 0.25) is 0 Å². The number of hydrogen-bond donors (Lipinski definition) is 2. The number of carbonyl (C=O) groups excluding carboxylic acids is 2. The highest BCUT2D eigenvalue weighted by Gasteiger charge is 2.35. The second kappa shape index (κ2) is 10.9. The summed E-state index contributed by atoms with van der Waals surface area (Å²) in [5, 5.41) is 3.28. The molecule has 1 amide bonds. The Balaban J connectivity index is 1.75. The first-order chi connectivity index (χ1) is 21.4. The fraction of sp³-hybridized carbons (Fsp3) is 0.143. The van der Waals surface area contributed by atoms with Crippen LogP contribution < -0.4 is 14.8 Å². The maximum atomic E-state index is 14.2. The Bertz CT molecular complexity index is 2200. The Morgan fingerprint density at radius 3 is 2.13 bits per heavy atom. The van der Waals surface area contributed by atoms with Crippen LogP contribution in [0.1, 0.15) is 47.1 Å². The van der Waals surface area contributed by atoms with E-state index >= 15 is 0 Å². The number of benzene rings is 4. The molecule has 9 nitrogen and oxygen atoms in total. The number of fused-ring (bicyclic) bond motifs is 2. The number of anilines is 2. The van der Waals surface area contributed by atoms with E-state index in [9.17, 15) is 18.0 Å². The summed E-state index contributed by atoms with van der Waals surface area (Å²) in [5.74, 6) is -0.473. The average molecular weight is 617 g/mol. The number of nitrogens with one attached hydrogen (secondary N) is 2. The third-order valence-corrected chi connectivity index (χ3v) is 7.75. The van der Waals surface area contributed by atoms with Crippen molar-refractivity contribution in [2.45, 2.75) is 26.4 Å². The van der Waals surface area contributed by atoms with Gasteiger partial charge in [-0.1, -0.05) is 60.7 Å². The zero-order valence-electron chi connectivity index (χ0n) is 24.9. The molecule has 1 aliphatic carbocycles. The molecule has 0 radical (unpaired) electrons. The van der Waals surface area contributed by atoms with Crippen molar-refractivity contribution < 1.29 is 22.7 Å². The number of nitrogens with zero attached hydrogens (tertiary/aromatic N) is 2. The van der Waals surface area contributed by atoms with Crippen molar-refractivity contribution in [3.63, 3.8) is 0 Å². The molecule has 0 atom stereocenters. The van der Waals surface area contributed by atoms with Crippen molar-refractivity contribution in [1.29, 1.82) is 0 Å². The molecule has 0 saturated heterocycles. The summed E-state index contributed by atoms with van der Waals surface area (Å²) >= 11 is 0. The van der Waals surface area contributed by atoms with Crippen LogP contribution in [0.25, 0.3) is 38.1 Å². The quantitative estimate of drug-likeness (QED) is 0.188. The smallest absolute Gasteiger partial charge is 0.255 e.